The highest BCUT2D eigenvalue weighted by Crippen LogP contribution is 2.25. The van der Waals surface area contributed by atoms with E-state index in [-0.39, 0.29) is 18.0 Å². The van der Waals surface area contributed by atoms with Crippen molar-refractivity contribution in [1.29, 1.82) is 0 Å². The molecule has 1 saturated carbocycles. The van der Waals surface area contributed by atoms with Crippen LogP contribution in [0.3, 0.4) is 0 Å². The lowest BCUT2D eigenvalue weighted by molar-refractivity contribution is 0.143. The Hall–Kier alpha value is -1.09. The van der Waals surface area contributed by atoms with Gasteiger partial charge in [-0.1, -0.05) is 25.3 Å². The van der Waals surface area contributed by atoms with Crippen LogP contribution in [0.5, 0.6) is 5.75 Å². The van der Waals surface area contributed by atoms with Crippen molar-refractivity contribution in [2.45, 2.75) is 57.6 Å². The summed E-state index contributed by atoms with van der Waals surface area (Å²) in [5.74, 6) is 0.381. The van der Waals surface area contributed by atoms with E-state index in [2.05, 4.69) is 0 Å². The summed E-state index contributed by atoms with van der Waals surface area (Å²) in [6.07, 6.45) is 6.81. The minimum atomic E-state index is -0.255. The van der Waals surface area contributed by atoms with E-state index in [9.17, 15) is 4.39 Å². The first-order valence-electron chi connectivity index (χ1n) is 6.85. The Kier molecular flexibility index (Phi) is 4.59. The topological polar surface area (TPSA) is 35.2 Å². The normalized spacial score (nSPS) is 25.3. The van der Waals surface area contributed by atoms with E-state index in [0.717, 1.165) is 24.8 Å². The van der Waals surface area contributed by atoms with Gasteiger partial charge in [0.15, 0.2) is 0 Å². The second-order valence-corrected chi connectivity index (χ2v) is 5.22. The van der Waals surface area contributed by atoms with Crippen LogP contribution in [-0.2, 0) is 0 Å². The SMILES string of the molecule is Cc1ccc(F)cc1OC1CCCCCCC1N. The van der Waals surface area contributed by atoms with E-state index in [4.69, 9.17) is 10.5 Å². The van der Waals surface area contributed by atoms with Gasteiger partial charge in [0.25, 0.3) is 0 Å². The Morgan fingerprint density at radius 1 is 1.17 bits per heavy atom. The fraction of sp³-hybridized carbons (Fsp3) is 0.600. The summed E-state index contributed by atoms with van der Waals surface area (Å²) < 4.78 is 19.2. The summed E-state index contributed by atoms with van der Waals surface area (Å²) in [4.78, 5) is 0. The molecule has 0 aliphatic heterocycles. The van der Waals surface area contributed by atoms with E-state index in [1.54, 1.807) is 6.07 Å². The van der Waals surface area contributed by atoms with Crippen LogP contribution in [0, 0.1) is 12.7 Å². The molecule has 1 aliphatic carbocycles. The first kappa shape index (κ1) is 13.3. The van der Waals surface area contributed by atoms with Gasteiger partial charge < -0.3 is 10.5 Å². The van der Waals surface area contributed by atoms with Gasteiger partial charge in [0.05, 0.1) is 0 Å². The van der Waals surface area contributed by atoms with Gasteiger partial charge in [0, 0.05) is 12.1 Å². The van der Waals surface area contributed by atoms with Crippen molar-refractivity contribution < 1.29 is 9.13 Å². The van der Waals surface area contributed by atoms with Crippen molar-refractivity contribution in [3.8, 4) is 5.75 Å². The largest absolute Gasteiger partial charge is 0.488 e. The zero-order valence-corrected chi connectivity index (χ0v) is 11.0. The highest BCUT2D eigenvalue weighted by molar-refractivity contribution is 5.32. The van der Waals surface area contributed by atoms with Crippen molar-refractivity contribution in [3.63, 3.8) is 0 Å². The van der Waals surface area contributed by atoms with Gasteiger partial charge in [-0.05, 0) is 37.8 Å². The summed E-state index contributed by atoms with van der Waals surface area (Å²) >= 11 is 0. The smallest absolute Gasteiger partial charge is 0.126 e. The molecule has 0 saturated heterocycles. The van der Waals surface area contributed by atoms with Crippen molar-refractivity contribution in [3.05, 3.63) is 29.6 Å². The Bertz CT molecular complexity index is 394. The fourth-order valence-corrected chi connectivity index (χ4v) is 2.49. The zero-order valence-electron chi connectivity index (χ0n) is 11.0. The standard InChI is InChI=1S/C15H22FNO/c1-11-8-9-12(16)10-15(11)18-14-7-5-3-2-4-6-13(14)17/h8-10,13-14H,2-7,17H2,1H3. The third-order valence-corrected chi connectivity index (χ3v) is 3.68. The molecule has 100 valence electrons. The number of hydrogen-bond acceptors (Lipinski definition) is 2. The lowest BCUT2D eigenvalue weighted by atomic mass is 9.94. The van der Waals surface area contributed by atoms with Gasteiger partial charge in [0.2, 0.25) is 0 Å². The van der Waals surface area contributed by atoms with Gasteiger partial charge in [-0.2, -0.15) is 0 Å². The molecule has 0 heterocycles. The molecule has 0 amide bonds. The average Bonchev–Trinajstić information content (AvgIpc) is 2.33. The fourth-order valence-electron chi connectivity index (χ4n) is 2.49. The molecule has 0 bridgehead atoms. The third-order valence-electron chi connectivity index (χ3n) is 3.68. The van der Waals surface area contributed by atoms with Gasteiger partial charge in [-0.3, -0.25) is 0 Å². The lowest BCUT2D eigenvalue weighted by Crippen LogP contribution is -2.39. The van der Waals surface area contributed by atoms with Crippen molar-refractivity contribution in [1.82, 2.24) is 0 Å². The second-order valence-electron chi connectivity index (χ2n) is 5.22. The van der Waals surface area contributed by atoms with E-state index in [1.807, 2.05) is 6.92 Å². The number of hydrogen-bond donors (Lipinski definition) is 1. The molecule has 3 heteroatoms. The molecule has 2 nitrogen and oxygen atoms in total. The number of aryl methyl sites for hydroxylation is 1. The number of nitrogens with two attached hydrogens (primary N) is 1. The highest BCUT2D eigenvalue weighted by Gasteiger charge is 2.21. The zero-order chi connectivity index (χ0) is 13.0. The molecular weight excluding hydrogens is 229 g/mol. The van der Waals surface area contributed by atoms with E-state index in [0.29, 0.717) is 5.75 Å². The van der Waals surface area contributed by atoms with E-state index < -0.39 is 0 Å². The Labute approximate surface area is 108 Å². The number of ether oxygens (including phenoxy) is 1. The Morgan fingerprint density at radius 3 is 2.67 bits per heavy atom. The monoisotopic (exact) mass is 251 g/mol. The molecule has 0 spiro atoms. The quantitative estimate of drug-likeness (QED) is 0.872. The Balaban J connectivity index is 2.07. The van der Waals surface area contributed by atoms with Crippen LogP contribution in [0.1, 0.15) is 44.1 Å². The maximum Gasteiger partial charge on any atom is 0.126 e. The maximum absolute atomic E-state index is 13.2. The molecule has 1 fully saturated rings. The summed E-state index contributed by atoms with van der Waals surface area (Å²) in [6, 6.07) is 4.73. The first-order valence-corrected chi connectivity index (χ1v) is 6.85. The maximum atomic E-state index is 13.2. The lowest BCUT2D eigenvalue weighted by Gasteiger charge is -2.27. The minimum Gasteiger partial charge on any atom is -0.488 e. The van der Waals surface area contributed by atoms with Gasteiger partial charge in [-0.25, -0.2) is 4.39 Å². The van der Waals surface area contributed by atoms with Gasteiger partial charge in [0.1, 0.15) is 17.7 Å². The molecule has 18 heavy (non-hydrogen) atoms. The molecule has 2 N–H and O–H groups in total. The van der Waals surface area contributed by atoms with Crippen LogP contribution >= 0.6 is 0 Å². The van der Waals surface area contributed by atoms with Crippen LogP contribution < -0.4 is 10.5 Å². The van der Waals surface area contributed by atoms with E-state index in [1.165, 1.54) is 31.4 Å². The molecule has 1 aromatic rings. The molecule has 1 aromatic carbocycles. The third kappa shape index (κ3) is 3.45. The second kappa shape index (κ2) is 6.19. The van der Waals surface area contributed by atoms with Crippen LogP contribution in [0.4, 0.5) is 4.39 Å². The van der Waals surface area contributed by atoms with Crippen LogP contribution in [0.2, 0.25) is 0 Å². The Morgan fingerprint density at radius 2 is 1.89 bits per heavy atom. The van der Waals surface area contributed by atoms with Crippen LogP contribution in [0.15, 0.2) is 18.2 Å². The minimum absolute atomic E-state index is 0.0193. The van der Waals surface area contributed by atoms with Crippen LogP contribution in [-0.4, -0.2) is 12.1 Å². The highest BCUT2D eigenvalue weighted by atomic mass is 19.1. The molecule has 2 unspecified atom stereocenters. The predicted molar refractivity (Wildman–Crippen MR) is 71.2 cm³/mol. The molecule has 2 rings (SSSR count). The molecular formula is C15H22FNO. The summed E-state index contributed by atoms with van der Waals surface area (Å²) in [6.45, 7) is 1.93. The molecule has 0 radical (unpaired) electrons. The van der Waals surface area contributed by atoms with Gasteiger partial charge >= 0.3 is 0 Å². The first-order chi connectivity index (χ1) is 8.66. The van der Waals surface area contributed by atoms with E-state index >= 15 is 0 Å². The predicted octanol–water partition coefficient (Wildman–Crippen LogP) is 3.56. The van der Waals surface area contributed by atoms with Gasteiger partial charge in [-0.15, -0.1) is 0 Å². The summed E-state index contributed by atoms with van der Waals surface area (Å²) in [7, 11) is 0. The number of rotatable bonds is 2. The average molecular weight is 251 g/mol. The number of halogens is 1. The van der Waals surface area contributed by atoms with Crippen molar-refractivity contribution >= 4 is 0 Å². The summed E-state index contributed by atoms with van der Waals surface area (Å²) in [5, 5.41) is 0. The summed E-state index contributed by atoms with van der Waals surface area (Å²) in [5.41, 5.74) is 7.13. The molecule has 1 aliphatic rings. The van der Waals surface area contributed by atoms with Crippen molar-refractivity contribution in [2.75, 3.05) is 0 Å². The number of benzene rings is 1. The molecule has 2 atom stereocenters. The van der Waals surface area contributed by atoms with Crippen molar-refractivity contribution in [2.24, 2.45) is 5.73 Å². The van der Waals surface area contributed by atoms with Crippen LogP contribution in [0.25, 0.3) is 0 Å². The molecule has 0 aromatic heterocycles.